The molecule has 8 heteroatoms. The van der Waals surface area contributed by atoms with Crippen molar-refractivity contribution in [3.8, 4) is 5.75 Å². The van der Waals surface area contributed by atoms with Crippen LogP contribution in [-0.4, -0.2) is 42.5 Å². The van der Waals surface area contributed by atoms with Gasteiger partial charge in [0.2, 0.25) is 0 Å². The first kappa shape index (κ1) is 20.1. The normalized spacial score (nSPS) is 14.6. The number of hydrogen-bond donors (Lipinski definition) is 1. The van der Waals surface area contributed by atoms with Crippen LogP contribution in [0.15, 0.2) is 42.5 Å². The van der Waals surface area contributed by atoms with E-state index in [1.807, 2.05) is 0 Å². The summed E-state index contributed by atoms with van der Waals surface area (Å²) in [6.45, 7) is 0.832. The first-order chi connectivity index (χ1) is 13.4. The smallest absolute Gasteiger partial charge is 0.260 e. The summed E-state index contributed by atoms with van der Waals surface area (Å²) in [5.74, 6) is -1.81. The minimum absolute atomic E-state index is 0.0839. The van der Waals surface area contributed by atoms with Gasteiger partial charge >= 0.3 is 0 Å². The fourth-order valence-electron chi connectivity index (χ4n) is 2.98. The Bertz CT molecular complexity index is 853. The molecule has 1 heterocycles. The predicted octanol–water partition coefficient (Wildman–Crippen LogP) is 3.42. The van der Waals surface area contributed by atoms with Crippen LogP contribution >= 0.6 is 11.6 Å². The lowest BCUT2D eigenvalue weighted by molar-refractivity contribution is -0.134. The van der Waals surface area contributed by atoms with Crippen LogP contribution in [0.5, 0.6) is 5.75 Å². The lowest BCUT2D eigenvalue weighted by Crippen LogP contribution is -2.47. The second kappa shape index (κ2) is 9.01. The van der Waals surface area contributed by atoms with Crippen molar-refractivity contribution in [2.24, 2.45) is 0 Å². The molecule has 3 rings (SSSR count). The molecule has 148 valence electrons. The molecule has 0 spiro atoms. The van der Waals surface area contributed by atoms with E-state index < -0.39 is 17.5 Å². The van der Waals surface area contributed by atoms with Crippen molar-refractivity contribution >= 4 is 23.4 Å². The molecule has 0 aromatic heterocycles. The van der Waals surface area contributed by atoms with Crippen molar-refractivity contribution in [3.05, 3.63) is 64.7 Å². The first-order valence-electron chi connectivity index (χ1n) is 8.84. The van der Waals surface area contributed by atoms with Gasteiger partial charge in [-0.25, -0.2) is 8.78 Å². The Morgan fingerprint density at radius 2 is 1.79 bits per heavy atom. The summed E-state index contributed by atoms with van der Waals surface area (Å²) in [4.78, 5) is 26.1. The molecule has 0 aliphatic carbocycles. The number of benzene rings is 2. The molecule has 1 aliphatic rings. The Morgan fingerprint density at radius 3 is 2.43 bits per heavy atom. The van der Waals surface area contributed by atoms with Crippen LogP contribution in [0.25, 0.3) is 0 Å². The summed E-state index contributed by atoms with van der Waals surface area (Å²) in [5.41, 5.74) is -0.198. The van der Waals surface area contributed by atoms with Gasteiger partial charge in [-0.1, -0.05) is 11.6 Å². The lowest BCUT2D eigenvalue weighted by atomic mass is 10.0. The number of rotatable bonds is 5. The van der Waals surface area contributed by atoms with Gasteiger partial charge in [0, 0.05) is 30.2 Å². The molecule has 0 unspecified atom stereocenters. The Morgan fingerprint density at radius 1 is 1.11 bits per heavy atom. The van der Waals surface area contributed by atoms with Gasteiger partial charge in [-0.05, 0) is 49.2 Å². The zero-order chi connectivity index (χ0) is 20.1. The standard InChI is InChI=1S/C20H19ClF2N2O3/c21-13-1-4-16(5-2-13)28-12-19(26)25-9-7-15(8-10-25)24-20(27)17-6-3-14(22)11-18(17)23/h1-6,11,15H,7-10,12H2,(H,24,27). The zero-order valence-corrected chi connectivity index (χ0v) is 15.7. The molecule has 1 N–H and O–H groups in total. The Kier molecular flexibility index (Phi) is 6.46. The highest BCUT2D eigenvalue weighted by Gasteiger charge is 2.25. The van der Waals surface area contributed by atoms with E-state index in [4.69, 9.17) is 16.3 Å². The molecule has 0 atom stereocenters. The fraction of sp³-hybridized carbons (Fsp3) is 0.300. The molecule has 0 saturated carbocycles. The van der Waals surface area contributed by atoms with Crippen LogP contribution in [0.4, 0.5) is 8.78 Å². The maximum atomic E-state index is 13.7. The second-order valence-corrected chi connectivity index (χ2v) is 6.93. The number of nitrogens with zero attached hydrogens (tertiary/aromatic N) is 1. The highest BCUT2D eigenvalue weighted by Crippen LogP contribution is 2.17. The number of amides is 2. The van der Waals surface area contributed by atoms with E-state index in [1.54, 1.807) is 29.2 Å². The number of carbonyl (C=O) groups excluding carboxylic acids is 2. The molecule has 0 radical (unpaired) electrons. The van der Waals surface area contributed by atoms with Crippen molar-refractivity contribution < 1.29 is 23.1 Å². The van der Waals surface area contributed by atoms with E-state index in [0.29, 0.717) is 42.8 Å². The van der Waals surface area contributed by atoms with E-state index in [2.05, 4.69) is 5.32 Å². The maximum absolute atomic E-state index is 13.7. The highest BCUT2D eigenvalue weighted by atomic mass is 35.5. The molecule has 1 fully saturated rings. The van der Waals surface area contributed by atoms with E-state index >= 15 is 0 Å². The molecule has 0 bridgehead atoms. The van der Waals surface area contributed by atoms with Gasteiger partial charge in [0.25, 0.3) is 11.8 Å². The molecular weight excluding hydrogens is 390 g/mol. The monoisotopic (exact) mass is 408 g/mol. The maximum Gasteiger partial charge on any atom is 0.260 e. The average molecular weight is 409 g/mol. The lowest BCUT2D eigenvalue weighted by Gasteiger charge is -2.32. The minimum atomic E-state index is -0.899. The summed E-state index contributed by atoms with van der Waals surface area (Å²) in [6.07, 6.45) is 1.09. The van der Waals surface area contributed by atoms with E-state index in [0.717, 1.165) is 12.1 Å². The van der Waals surface area contributed by atoms with Crippen molar-refractivity contribution in [2.75, 3.05) is 19.7 Å². The molecule has 2 aromatic rings. The van der Waals surface area contributed by atoms with Crippen molar-refractivity contribution in [1.82, 2.24) is 10.2 Å². The number of piperidine rings is 1. The third kappa shape index (κ3) is 5.19. The Hall–Kier alpha value is -2.67. The number of nitrogens with one attached hydrogen (secondary N) is 1. The molecular formula is C20H19ClF2N2O3. The van der Waals surface area contributed by atoms with Gasteiger partial charge in [0.1, 0.15) is 17.4 Å². The van der Waals surface area contributed by atoms with Gasteiger partial charge in [0.05, 0.1) is 5.56 Å². The van der Waals surface area contributed by atoms with Crippen molar-refractivity contribution in [2.45, 2.75) is 18.9 Å². The number of carbonyl (C=O) groups is 2. The van der Waals surface area contributed by atoms with Crippen LogP contribution in [0.1, 0.15) is 23.2 Å². The summed E-state index contributed by atoms with van der Waals surface area (Å²) in [7, 11) is 0. The summed E-state index contributed by atoms with van der Waals surface area (Å²) in [6, 6.07) is 9.39. The SMILES string of the molecule is O=C(NC1CCN(C(=O)COc2ccc(Cl)cc2)CC1)c1ccc(F)cc1F. The predicted molar refractivity (Wildman–Crippen MR) is 100 cm³/mol. The van der Waals surface area contributed by atoms with Gasteiger partial charge in [0.15, 0.2) is 6.61 Å². The highest BCUT2D eigenvalue weighted by molar-refractivity contribution is 6.30. The van der Waals surface area contributed by atoms with Gasteiger partial charge < -0.3 is 15.0 Å². The topological polar surface area (TPSA) is 58.6 Å². The number of likely N-dealkylation sites (tertiary alicyclic amines) is 1. The minimum Gasteiger partial charge on any atom is -0.484 e. The van der Waals surface area contributed by atoms with Gasteiger partial charge in [-0.15, -0.1) is 0 Å². The summed E-state index contributed by atoms with van der Waals surface area (Å²) >= 11 is 5.80. The third-order valence-corrected chi connectivity index (χ3v) is 4.79. The van der Waals surface area contributed by atoms with Crippen molar-refractivity contribution in [1.29, 1.82) is 0 Å². The molecule has 1 aliphatic heterocycles. The van der Waals surface area contributed by atoms with Crippen LogP contribution in [0.2, 0.25) is 5.02 Å². The van der Waals surface area contributed by atoms with Crippen molar-refractivity contribution in [3.63, 3.8) is 0 Å². The fourth-order valence-corrected chi connectivity index (χ4v) is 3.10. The van der Waals surface area contributed by atoms with E-state index in [9.17, 15) is 18.4 Å². The summed E-state index contributed by atoms with van der Waals surface area (Å²) < 4.78 is 32.1. The van der Waals surface area contributed by atoms with Gasteiger partial charge in [-0.3, -0.25) is 9.59 Å². The number of halogens is 3. The van der Waals surface area contributed by atoms with E-state index in [1.165, 1.54) is 0 Å². The molecule has 2 amide bonds. The molecule has 5 nitrogen and oxygen atoms in total. The van der Waals surface area contributed by atoms with Crippen LogP contribution in [-0.2, 0) is 4.79 Å². The number of ether oxygens (including phenoxy) is 1. The Labute approximate surface area is 166 Å². The largest absolute Gasteiger partial charge is 0.484 e. The first-order valence-corrected chi connectivity index (χ1v) is 9.22. The quantitative estimate of drug-likeness (QED) is 0.824. The van der Waals surface area contributed by atoms with E-state index in [-0.39, 0.29) is 24.1 Å². The van der Waals surface area contributed by atoms with Crippen LogP contribution in [0, 0.1) is 11.6 Å². The molecule has 1 saturated heterocycles. The van der Waals surface area contributed by atoms with Crippen LogP contribution in [0.3, 0.4) is 0 Å². The third-order valence-electron chi connectivity index (χ3n) is 4.53. The van der Waals surface area contributed by atoms with Gasteiger partial charge in [-0.2, -0.15) is 0 Å². The van der Waals surface area contributed by atoms with Crippen LogP contribution < -0.4 is 10.1 Å². The second-order valence-electron chi connectivity index (χ2n) is 6.50. The summed E-state index contributed by atoms with van der Waals surface area (Å²) in [5, 5.41) is 3.32. The molecule has 28 heavy (non-hydrogen) atoms. The molecule has 2 aromatic carbocycles. The average Bonchev–Trinajstić information content (AvgIpc) is 2.67. The number of hydrogen-bond acceptors (Lipinski definition) is 3. The Balaban J connectivity index is 1.45. The zero-order valence-electron chi connectivity index (χ0n) is 15.0.